The van der Waals surface area contributed by atoms with Gasteiger partial charge in [-0.2, -0.15) is 0 Å². The molecular weight excluding hydrogens is 194 g/mol. The molecule has 1 saturated carbocycles. The third kappa shape index (κ3) is 4.45. The van der Waals surface area contributed by atoms with Gasteiger partial charge < -0.3 is 5.32 Å². The number of nitrogens with one attached hydrogen (secondary N) is 1. The van der Waals surface area contributed by atoms with Crippen LogP contribution in [0.3, 0.4) is 0 Å². The van der Waals surface area contributed by atoms with Crippen LogP contribution in [0.4, 0.5) is 0 Å². The first-order chi connectivity index (χ1) is 7.79. The van der Waals surface area contributed by atoms with Crippen molar-refractivity contribution >= 4 is 0 Å². The van der Waals surface area contributed by atoms with Crippen LogP contribution in [-0.2, 0) is 0 Å². The quantitative estimate of drug-likeness (QED) is 0.634. The third-order valence-electron chi connectivity index (χ3n) is 4.37. The van der Waals surface area contributed by atoms with Crippen LogP contribution < -0.4 is 5.32 Å². The summed E-state index contributed by atoms with van der Waals surface area (Å²) in [5.74, 6) is 1.81. The molecule has 0 aromatic heterocycles. The fraction of sp³-hybridized carbons (Fsp3) is 1.00. The van der Waals surface area contributed by atoms with Gasteiger partial charge in [-0.3, -0.25) is 0 Å². The van der Waals surface area contributed by atoms with Crippen molar-refractivity contribution in [2.24, 2.45) is 11.8 Å². The Labute approximate surface area is 102 Å². The van der Waals surface area contributed by atoms with Crippen LogP contribution in [0.5, 0.6) is 0 Å². The highest BCUT2D eigenvalue weighted by Crippen LogP contribution is 2.30. The smallest absolute Gasteiger partial charge is 0.0118 e. The van der Waals surface area contributed by atoms with Gasteiger partial charge in [-0.1, -0.05) is 52.4 Å². The molecule has 0 aromatic rings. The van der Waals surface area contributed by atoms with Crippen molar-refractivity contribution in [3.63, 3.8) is 0 Å². The predicted molar refractivity (Wildman–Crippen MR) is 72.7 cm³/mol. The van der Waals surface area contributed by atoms with E-state index in [-0.39, 0.29) is 0 Å². The summed E-state index contributed by atoms with van der Waals surface area (Å²) < 4.78 is 0. The maximum absolute atomic E-state index is 3.60. The molecule has 1 nitrogen and oxygen atoms in total. The molecule has 0 aliphatic heterocycles. The molecule has 16 heavy (non-hydrogen) atoms. The second-order valence-corrected chi connectivity index (χ2v) is 5.69. The summed E-state index contributed by atoms with van der Waals surface area (Å²) in [6.07, 6.45) is 12.9. The van der Waals surface area contributed by atoms with Crippen LogP contribution >= 0.6 is 0 Å². The molecule has 1 aliphatic carbocycles. The lowest BCUT2D eigenvalue weighted by Gasteiger charge is -2.34. The van der Waals surface area contributed by atoms with Crippen molar-refractivity contribution in [1.29, 1.82) is 0 Å². The molecule has 1 aliphatic rings. The minimum absolute atomic E-state index is 0.775. The van der Waals surface area contributed by atoms with E-state index in [4.69, 9.17) is 0 Å². The van der Waals surface area contributed by atoms with Gasteiger partial charge in [0.1, 0.15) is 0 Å². The van der Waals surface area contributed by atoms with Crippen molar-refractivity contribution in [3.05, 3.63) is 0 Å². The first kappa shape index (κ1) is 14.0. The molecule has 0 bridgehead atoms. The number of unbranched alkanes of at least 4 members (excludes halogenated alkanes) is 2. The largest absolute Gasteiger partial charge is 0.316 e. The van der Waals surface area contributed by atoms with Crippen molar-refractivity contribution in [1.82, 2.24) is 5.32 Å². The highest BCUT2D eigenvalue weighted by molar-refractivity contribution is 4.82. The molecule has 96 valence electrons. The van der Waals surface area contributed by atoms with Crippen LogP contribution in [0.25, 0.3) is 0 Å². The van der Waals surface area contributed by atoms with Gasteiger partial charge in [0.15, 0.2) is 0 Å². The van der Waals surface area contributed by atoms with Gasteiger partial charge in [0.2, 0.25) is 0 Å². The Morgan fingerprint density at radius 3 is 2.38 bits per heavy atom. The van der Waals surface area contributed by atoms with Crippen molar-refractivity contribution in [2.45, 2.75) is 77.7 Å². The third-order valence-corrected chi connectivity index (χ3v) is 4.37. The molecule has 1 heteroatoms. The Morgan fingerprint density at radius 2 is 1.81 bits per heavy atom. The minimum Gasteiger partial charge on any atom is -0.316 e. The van der Waals surface area contributed by atoms with E-state index in [0.29, 0.717) is 0 Å². The summed E-state index contributed by atoms with van der Waals surface area (Å²) in [5.41, 5.74) is 0. The average Bonchev–Trinajstić information content (AvgIpc) is 2.32. The molecule has 0 radical (unpaired) electrons. The van der Waals surface area contributed by atoms with Gasteiger partial charge >= 0.3 is 0 Å². The van der Waals surface area contributed by atoms with E-state index in [9.17, 15) is 0 Å². The van der Waals surface area contributed by atoms with Crippen LogP contribution in [0.2, 0.25) is 0 Å². The molecule has 2 atom stereocenters. The maximum atomic E-state index is 3.60. The molecule has 1 rings (SSSR count). The lowest BCUT2D eigenvalue weighted by atomic mass is 9.78. The van der Waals surface area contributed by atoms with Crippen LogP contribution in [0.15, 0.2) is 0 Å². The molecule has 0 spiro atoms. The minimum atomic E-state index is 0.775. The predicted octanol–water partition coefficient (Wildman–Crippen LogP) is 4.37. The Kier molecular flexibility index (Phi) is 7.11. The van der Waals surface area contributed by atoms with Gasteiger partial charge in [-0.25, -0.2) is 0 Å². The summed E-state index contributed by atoms with van der Waals surface area (Å²) in [5, 5.41) is 3.60. The molecular formula is C15H31N. The summed E-state index contributed by atoms with van der Waals surface area (Å²) >= 11 is 0. The molecule has 0 unspecified atom stereocenters. The molecule has 1 fully saturated rings. The molecule has 0 amide bonds. The molecule has 0 saturated heterocycles. The fourth-order valence-corrected chi connectivity index (χ4v) is 3.37. The van der Waals surface area contributed by atoms with Gasteiger partial charge in [0.25, 0.3) is 0 Å². The van der Waals surface area contributed by atoms with Crippen LogP contribution in [-0.4, -0.2) is 13.1 Å². The van der Waals surface area contributed by atoms with Gasteiger partial charge in [-0.05, 0) is 38.1 Å². The highest BCUT2D eigenvalue weighted by atomic mass is 14.9. The Balaban J connectivity index is 2.32. The van der Waals surface area contributed by atoms with E-state index in [2.05, 4.69) is 26.2 Å². The summed E-state index contributed by atoms with van der Waals surface area (Å²) in [7, 11) is 2.16. The lowest BCUT2D eigenvalue weighted by molar-refractivity contribution is 0.214. The monoisotopic (exact) mass is 225 g/mol. The SMILES string of the molecule is CCCCC[C@H](C)[C@@H](NC)C1CCCCC1. The zero-order valence-electron chi connectivity index (χ0n) is 11.6. The van der Waals surface area contributed by atoms with Gasteiger partial charge in [0.05, 0.1) is 0 Å². The highest BCUT2D eigenvalue weighted by Gasteiger charge is 2.26. The molecule has 0 heterocycles. The van der Waals surface area contributed by atoms with E-state index in [1.807, 2.05) is 0 Å². The maximum Gasteiger partial charge on any atom is 0.0118 e. The standard InChI is InChI=1S/C15H31N/c1-4-5-7-10-13(2)15(16-3)14-11-8-6-9-12-14/h13-16H,4-12H2,1-3H3/t13-,15+/m0/s1. The van der Waals surface area contributed by atoms with Gasteiger partial charge in [-0.15, -0.1) is 0 Å². The summed E-state index contributed by atoms with van der Waals surface area (Å²) in [6, 6.07) is 0.775. The normalized spacial score (nSPS) is 21.9. The van der Waals surface area contributed by atoms with Gasteiger partial charge in [0, 0.05) is 6.04 Å². The first-order valence-corrected chi connectivity index (χ1v) is 7.46. The first-order valence-electron chi connectivity index (χ1n) is 7.46. The second kappa shape index (κ2) is 8.11. The molecule has 0 aromatic carbocycles. The Hall–Kier alpha value is -0.0400. The lowest BCUT2D eigenvalue weighted by Crippen LogP contribution is -2.40. The van der Waals surface area contributed by atoms with E-state index < -0.39 is 0 Å². The topological polar surface area (TPSA) is 12.0 Å². The number of hydrogen-bond donors (Lipinski definition) is 1. The Morgan fingerprint density at radius 1 is 1.12 bits per heavy atom. The number of rotatable bonds is 7. The van der Waals surface area contributed by atoms with E-state index in [0.717, 1.165) is 17.9 Å². The van der Waals surface area contributed by atoms with Crippen molar-refractivity contribution < 1.29 is 0 Å². The van der Waals surface area contributed by atoms with E-state index in [1.54, 1.807) is 0 Å². The second-order valence-electron chi connectivity index (χ2n) is 5.69. The fourth-order valence-electron chi connectivity index (χ4n) is 3.37. The van der Waals surface area contributed by atoms with Crippen LogP contribution in [0.1, 0.15) is 71.6 Å². The van der Waals surface area contributed by atoms with E-state index >= 15 is 0 Å². The zero-order valence-corrected chi connectivity index (χ0v) is 11.6. The molecule has 1 N–H and O–H groups in total. The summed E-state index contributed by atoms with van der Waals surface area (Å²) in [4.78, 5) is 0. The Bertz CT molecular complexity index is 161. The average molecular weight is 225 g/mol. The van der Waals surface area contributed by atoms with Crippen LogP contribution in [0, 0.1) is 11.8 Å². The summed E-state index contributed by atoms with van der Waals surface area (Å²) in [6.45, 7) is 4.74. The number of hydrogen-bond acceptors (Lipinski definition) is 1. The van der Waals surface area contributed by atoms with Crippen molar-refractivity contribution in [2.75, 3.05) is 7.05 Å². The van der Waals surface area contributed by atoms with E-state index in [1.165, 1.54) is 57.8 Å². The zero-order chi connectivity index (χ0) is 11.8. The van der Waals surface area contributed by atoms with Crippen molar-refractivity contribution in [3.8, 4) is 0 Å².